The number of unbranched alkanes of at least 4 members (excludes halogenated alkanes) is 17. The molecule has 0 saturated carbocycles. The van der Waals surface area contributed by atoms with Crippen LogP contribution < -0.4 is 0 Å². The van der Waals surface area contributed by atoms with Gasteiger partial charge >= 0.3 is 5.97 Å². The molecule has 1 atom stereocenters. The molecule has 0 N–H and O–H groups in total. The SMILES string of the molecule is CCCCCCCCCC(CCCCCCC=CCCCCCCCCCC(=O)OC)CCN(C)C. The fourth-order valence-electron chi connectivity index (χ4n) is 5.07. The van der Waals surface area contributed by atoms with Crippen molar-refractivity contribution in [1.82, 2.24) is 4.90 Å². The highest BCUT2D eigenvalue weighted by atomic mass is 16.5. The van der Waals surface area contributed by atoms with E-state index in [1.165, 1.54) is 148 Å². The van der Waals surface area contributed by atoms with Crippen molar-refractivity contribution in [2.75, 3.05) is 27.7 Å². The van der Waals surface area contributed by atoms with E-state index in [2.05, 4.69) is 42.8 Å². The zero-order valence-corrected chi connectivity index (χ0v) is 25.2. The highest BCUT2D eigenvalue weighted by Crippen LogP contribution is 2.22. The second kappa shape index (κ2) is 28.7. The van der Waals surface area contributed by atoms with Gasteiger partial charge in [-0.05, 0) is 65.1 Å². The van der Waals surface area contributed by atoms with Gasteiger partial charge in [0.25, 0.3) is 0 Å². The molecule has 0 spiro atoms. The molecule has 214 valence electrons. The molecule has 0 aromatic heterocycles. The number of nitrogens with zero attached hydrogens (tertiary/aromatic N) is 1. The van der Waals surface area contributed by atoms with Crippen molar-refractivity contribution >= 4 is 5.97 Å². The van der Waals surface area contributed by atoms with Crippen LogP contribution in [-0.2, 0) is 9.53 Å². The lowest BCUT2D eigenvalue weighted by Gasteiger charge is -2.19. The van der Waals surface area contributed by atoms with Crippen LogP contribution >= 0.6 is 0 Å². The average molecular weight is 508 g/mol. The van der Waals surface area contributed by atoms with Crippen molar-refractivity contribution < 1.29 is 9.53 Å². The summed E-state index contributed by atoms with van der Waals surface area (Å²) in [6.45, 7) is 3.56. The minimum Gasteiger partial charge on any atom is -0.469 e. The molecule has 0 aliphatic heterocycles. The standard InChI is InChI=1S/C33H65NO2/c1-5-6-7-8-18-21-24-27-32(30-31-34(2)3)28-25-22-19-16-14-12-10-9-11-13-15-17-20-23-26-29-33(35)36-4/h10,12,32H,5-9,11,13-31H2,1-4H3. The van der Waals surface area contributed by atoms with E-state index in [4.69, 9.17) is 0 Å². The topological polar surface area (TPSA) is 29.5 Å². The fraction of sp³-hybridized carbons (Fsp3) is 0.909. The van der Waals surface area contributed by atoms with Crippen LogP contribution in [0.5, 0.6) is 0 Å². The van der Waals surface area contributed by atoms with Gasteiger partial charge in [0.1, 0.15) is 0 Å². The Hall–Kier alpha value is -0.830. The zero-order valence-electron chi connectivity index (χ0n) is 25.2. The molecule has 0 heterocycles. The Kier molecular flexibility index (Phi) is 28.1. The number of rotatable bonds is 28. The Morgan fingerprint density at radius 2 is 1.08 bits per heavy atom. The van der Waals surface area contributed by atoms with Gasteiger partial charge in [-0.15, -0.1) is 0 Å². The zero-order chi connectivity index (χ0) is 26.5. The first-order valence-corrected chi connectivity index (χ1v) is 16.0. The monoisotopic (exact) mass is 508 g/mol. The number of ether oxygens (including phenoxy) is 1. The molecular weight excluding hydrogens is 442 g/mol. The van der Waals surface area contributed by atoms with Crippen LogP contribution in [0.1, 0.15) is 161 Å². The van der Waals surface area contributed by atoms with E-state index in [1.54, 1.807) is 0 Å². The maximum Gasteiger partial charge on any atom is 0.305 e. The largest absolute Gasteiger partial charge is 0.469 e. The van der Waals surface area contributed by atoms with E-state index >= 15 is 0 Å². The molecule has 3 nitrogen and oxygen atoms in total. The molecule has 3 heteroatoms. The van der Waals surface area contributed by atoms with E-state index < -0.39 is 0 Å². The maximum absolute atomic E-state index is 11.1. The third-order valence-electron chi connectivity index (χ3n) is 7.58. The highest BCUT2D eigenvalue weighted by Gasteiger charge is 2.09. The van der Waals surface area contributed by atoms with Crippen LogP contribution in [0.2, 0.25) is 0 Å². The summed E-state index contributed by atoms with van der Waals surface area (Å²) in [6, 6.07) is 0. The van der Waals surface area contributed by atoms with Gasteiger partial charge in [0.05, 0.1) is 7.11 Å². The Bertz CT molecular complexity index is 474. The smallest absolute Gasteiger partial charge is 0.305 e. The number of methoxy groups -OCH3 is 1. The lowest BCUT2D eigenvalue weighted by molar-refractivity contribution is -0.140. The Labute approximate surface area is 227 Å². The molecule has 0 aliphatic carbocycles. The van der Waals surface area contributed by atoms with Gasteiger partial charge in [0.15, 0.2) is 0 Å². The normalized spacial score (nSPS) is 12.6. The molecule has 1 unspecified atom stereocenters. The summed E-state index contributed by atoms with van der Waals surface area (Å²) in [5.41, 5.74) is 0. The van der Waals surface area contributed by atoms with Gasteiger partial charge in [-0.25, -0.2) is 0 Å². The predicted octanol–water partition coefficient (Wildman–Crippen LogP) is 10.3. The van der Waals surface area contributed by atoms with Crippen LogP contribution in [0.25, 0.3) is 0 Å². The predicted molar refractivity (Wildman–Crippen MR) is 160 cm³/mol. The molecule has 0 amide bonds. The van der Waals surface area contributed by atoms with Crippen molar-refractivity contribution in [2.45, 2.75) is 161 Å². The van der Waals surface area contributed by atoms with Crippen molar-refractivity contribution in [3.8, 4) is 0 Å². The van der Waals surface area contributed by atoms with Crippen LogP contribution in [-0.4, -0.2) is 38.6 Å². The molecule has 0 aliphatic rings. The summed E-state index contributed by atoms with van der Waals surface area (Å²) >= 11 is 0. The molecule has 0 aromatic carbocycles. The second-order valence-electron chi connectivity index (χ2n) is 11.4. The van der Waals surface area contributed by atoms with Gasteiger partial charge in [-0.2, -0.15) is 0 Å². The van der Waals surface area contributed by atoms with Crippen molar-refractivity contribution in [2.24, 2.45) is 5.92 Å². The molecule has 0 bridgehead atoms. The minimum absolute atomic E-state index is 0.0693. The molecule has 0 aromatic rings. The number of esters is 1. The van der Waals surface area contributed by atoms with Crippen LogP contribution in [0.3, 0.4) is 0 Å². The minimum atomic E-state index is -0.0693. The molecule has 0 saturated heterocycles. The first-order valence-electron chi connectivity index (χ1n) is 16.0. The number of hydrogen-bond acceptors (Lipinski definition) is 3. The summed E-state index contributed by atoms with van der Waals surface area (Å²) < 4.78 is 4.68. The Morgan fingerprint density at radius 1 is 0.639 bits per heavy atom. The van der Waals surface area contributed by atoms with Crippen molar-refractivity contribution in [3.63, 3.8) is 0 Å². The van der Waals surface area contributed by atoms with Crippen molar-refractivity contribution in [3.05, 3.63) is 12.2 Å². The van der Waals surface area contributed by atoms with E-state index in [1.807, 2.05) is 0 Å². The maximum atomic E-state index is 11.1. The molecule has 36 heavy (non-hydrogen) atoms. The number of hydrogen-bond donors (Lipinski definition) is 0. The Balaban J connectivity index is 3.58. The highest BCUT2D eigenvalue weighted by molar-refractivity contribution is 5.68. The van der Waals surface area contributed by atoms with Gasteiger partial charge < -0.3 is 9.64 Å². The summed E-state index contributed by atoms with van der Waals surface area (Å²) in [4.78, 5) is 13.4. The Morgan fingerprint density at radius 3 is 1.56 bits per heavy atom. The van der Waals surface area contributed by atoms with E-state index in [0.29, 0.717) is 6.42 Å². The third-order valence-corrected chi connectivity index (χ3v) is 7.58. The molecule has 0 fully saturated rings. The quantitative estimate of drug-likeness (QED) is 0.0599. The number of allylic oxidation sites excluding steroid dienone is 2. The van der Waals surface area contributed by atoms with Crippen LogP contribution in [0, 0.1) is 5.92 Å². The summed E-state index contributed by atoms with van der Waals surface area (Å²) in [5, 5.41) is 0. The van der Waals surface area contributed by atoms with Gasteiger partial charge in [-0.1, -0.05) is 128 Å². The lowest BCUT2D eigenvalue weighted by atomic mass is 9.91. The first-order chi connectivity index (χ1) is 17.6. The molecule has 0 rings (SSSR count). The number of carbonyl (C=O) groups is 1. The summed E-state index contributed by atoms with van der Waals surface area (Å²) in [5.74, 6) is 0.878. The average Bonchev–Trinajstić information content (AvgIpc) is 2.87. The van der Waals surface area contributed by atoms with Gasteiger partial charge in [-0.3, -0.25) is 4.79 Å². The van der Waals surface area contributed by atoms with Crippen LogP contribution in [0.15, 0.2) is 12.2 Å². The molecule has 0 radical (unpaired) electrons. The van der Waals surface area contributed by atoms with Crippen molar-refractivity contribution in [1.29, 1.82) is 0 Å². The van der Waals surface area contributed by atoms with Crippen LogP contribution in [0.4, 0.5) is 0 Å². The first kappa shape index (κ1) is 35.2. The van der Waals surface area contributed by atoms with Gasteiger partial charge in [0, 0.05) is 6.42 Å². The lowest BCUT2D eigenvalue weighted by Crippen LogP contribution is -2.17. The van der Waals surface area contributed by atoms with E-state index in [0.717, 1.165) is 18.8 Å². The molecular formula is C33H65NO2. The van der Waals surface area contributed by atoms with E-state index in [-0.39, 0.29) is 5.97 Å². The second-order valence-corrected chi connectivity index (χ2v) is 11.4. The van der Waals surface area contributed by atoms with Gasteiger partial charge in [0.2, 0.25) is 0 Å². The van der Waals surface area contributed by atoms with E-state index in [9.17, 15) is 4.79 Å². The summed E-state index contributed by atoms with van der Waals surface area (Å²) in [7, 11) is 5.91. The summed E-state index contributed by atoms with van der Waals surface area (Å²) in [6.07, 6.45) is 36.6. The third kappa shape index (κ3) is 27.8. The fourth-order valence-corrected chi connectivity index (χ4v) is 5.07. The number of carbonyl (C=O) groups excluding carboxylic acids is 1.